The molecule has 3 saturated heterocycles. The molecule has 1 N–H and O–H groups in total. The number of nitrogens with zero attached hydrogens (tertiary/aromatic N) is 4. The van der Waals surface area contributed by atoms with Gasteiger partial charge in [0.1, 0.15) is 5.82 Å². The van der Waals surface area contributed by atoms with Gasteiger partial charge in [0.25, 0.3) is 0 Å². The molecule has 6 nitrogen and oxygen atoms in total. The molecule has 116 valence electrons. The molecule has 2 aromatic rings. The standard InChI is InChI=1S/C15H19N5OS/c21-15-11-1-2-13(20(15)6-12-9-22-10-18-12)7-19(5-11)8-14-16-3-4-17-14/h3-4,9-11,13H,1-2,5-8H2,(H,16,17)/t11-,13+/m0/s1. The number of thiazole rings is 1. The van der Waals surface area contributed by atoms with Crippen molar-refractivity contribution in [1.29, 1.82) is 0 Å². The van der Waals surface area contributed by atoms with E-state index >= 15 is 0 Å². The van der Waals surface area contributed by atoms with Crippen LogP contribution in [0.1, 0.15) is 24.4 Å². The van der Waals surface area contributed by atoms with Crippen LogP contribution in [0.2, 0.25) is 0 Å². The molecule has 3 aliphatic heterocycles. The van der Waals surface area contributed by atoms with Gasteiger partial charge in [-0.3, -0.25) is 9.69 Å². The number of rotatable bonds is 4. The zero-order valence-electron chi connectivity index (χ0n) is 12.3. The van der Waals surface area contributed by atoms with Gasteiger partial charge in [-0.05, 0) is 12.8 Å². The molecule has 0 aromatic carbocycles. The summed E-state index contributed by atoms with van der Waals surface area (Å²) in [4.78, 5) is 28.9. The van der Waals surface area contributed by atoms with Gasteiger partial charge in [0.2, 0.25) is 5.91 Å². The average molecular weight is 317 g/mol. The van der Waals surface area contributed by atoms with Crippen LogP contribution in [0, 0.1) is 5.92 Å². The number of amides is 1. The van der Waals surface area contributed by atoms with Gasteiger partial charge in [0.05, 0.1) is 30.2 Å². The van der Waals surface area contributed by atoms with Crippen molar-refractivity contribution < 1.29 is 4.79 Å². The molecule has 3 aliphatic rings. The Bertz CT molecular complexity index is 626. The lowest BCUT2D eigenvalue weighted by Gasteiger charge is -2.35. The number of carbonyl (C=O) groups excluding carboxylic acids is 1. The summed E-state index contributed by atoms with van der Waals surface area (Å²) in [6.45, 7) is 3.20. The van der Waals surface area contributed by atoms with E-state index in [2.05, 4.69) is 19.9 Å². The van der Waals surface area contributed by atoms with Gasteiger partial charge in [-0.25, -0.2) is 9.97 Å². The highest BCUT2D eigenvalue weighted by Gasteiger charge is 2.40. The first-order valence-electron chi connectivity index (χ1n) is 7.68. The number of hydrogen-bond acceptors (Lipinski definition) is 5. The third kappa shape index (κ3) is 2.66. The topological polar surface area (TPSA) is 65.1 Å². The predicted octanol–water partition coefficient (Wildman–Crippen LogP) is 1.49. The number of aromatic amines is 1. The van der Waals surface area contributed by atoms with Crippen molar-refractivity contribution in [2.24, 2.45) is 5.92 Å². The number of H-pyrrole nitrogens is 1. The predicted molar refractivity (Wildman–Crippen MR) is 83.0 cm³/mol. The highest BCUT2D eigenvalue weighted by Crippen LogP contribution is 2.30. The minimum Gasteiger partial charge on any atom is -0.348 e. The molecule has 2 aromatic heterocycles. The highest BCUT2D eigenvalue weighted by molar-refractivity contribution is 7.07. The summed E-state index contributed by atoms with van der Waals surface area (Å²) < 4.78 is 0. The largest absolute Gasteiger partial charge is 0.348 e. The molecule has 5 heterocycles. The Morgan fingerprint density at radius 3 is 3.00 bits per heavy atom. The maximum absolute atomic E-state index is 12.7. The van der Waals surface area contributed by atoms with Gasteiger partial charge >= 0.3 is 0 Å². The van der Waals surface area contributed by atoms with Crippen LogP contribution in [-0.2, 0) is 17.9 Å². The fraction of sp³-hybridized carbons (Fsp3) is 0.533. The Balaban J connectivity index is 1.51. The average Bonchev–Trinajstić information content (AvgIpc) is 3.14. The molecule has 0 radical (unpaired) electrons. The lowest BCUT2D eigenvalue weighted by molar-refractivity contribution is -0.140. The van der Waals surface area contributed by atoms with Crippen LogP contribution in [0.3, 0.4) is 0 Å². The Labute approximate surface area is 133 Å². The Morgan fingerprint density at radius 1 is 1.27 bits per heavy atom. The van der Waals surface area contributed by atoms with E-state index < -0.39 is 0 Å². The van der Waals surface area contributed by atoms with Gasteiger partial charge < -0.3 is 9.88 Å². The molecule has 3 fully saturated rings. The number of fused-ring (bicyclic) bond motifs is 4. The zero-order chi connectivity index (χ0) is 14.9. The number of piperidine rings is 1. The Hall–Kier alpha value is -1.73. The SMILES string of the molecule is O=C1[C@H]2CC[C@H](CN(Cc3ncc[nH]3)C2)N1Cc1cscn1. The second kappa shape index (κ2) is 5.81. The molecular formula is C15H19N5OS. The van der Waals surface area contributed by atoms with Crippen molar-refractivity contribution in [3.63, 3.8) is 0 Å². The summed E-state index contributed by atoms with van der Waals surface area (Å²) in [6, 6.07) is 0.294. The van der Waals surface area contributed by atoms with Gasteiger partial charge in [0, 0.05) is 36.9 Å². The van der Waals surface area contributed by atoms with Crippen LogP contribution in [0.25, 0.3) is 0 Å². The van der Waals surface area contributed by atoms with E-state index in [0.717, 1.165) is 44.0 Å². The van der Waals surface area contributed by atoms with Crippen molar-refractivity contribution in [2.75, 3.05) is 13.1 Å². The fourth-order valence-electron chi connectivity index (χ4n) is 3.55. The molecular weight excluding hydrogens is 298 g/mol. The lowest BCUT2D eigenvalue weighted by Crippen LogP contribution is -2.47. The van der Waals surface area contributed by atoms with Crippen molar-refractivity contribution >= 4 is 17.2 Å². The van der Waals surface area contributed by atoms with Crippen LogP contribution in [0.15, 0.2) is 23.3 Å². The summed E-state index contributed by atoms with van der Waals surface area (Å²) in [5, 5.41) is 2.03. The van der Waals surface area contributed by atoms with E-state index in [1.165, 1.54) is 0 Å². The molecule has 1 amide bonds. The third-order valence-corrected chi connectivity index (χ3v) is 5.25. The number of aromatic nitrogens is 3. The van der Waals surface area contributed by atoms with Gasteiger partial charge in [-0.2, -0.15) is 0 Å². The van der Waals surface area contributed by atoms with E-state index in [-0.39, 0.29) is 5.92 Å². The molecule has 22 heavy (non-hydrogen) atoms. The number of hydrogen-bond donors (Lipinski definition) is 1. The first-order chi connectivity index (χ1) is 10.8. The molecule has 5 rings (SSSR count). The van der Waals surface area contributed by atoms with Gasteiger partial charge in [0.15, 0.2) is 0 Å². The third-order valence-electron chi connectivity index (χ3n) is 4.61. The van der Waals surface area contributed by atoms with Crippen molar-refractivity contribution in [3.05, 3.63) is 34.8 Å². The van der Waals surface area contributed by atoms with Gasteiger partial charge in [-0.15, -0.1) is 11.3 Å². The van der Waals surface area contributed by atoms with E-state index in [0.29, 0.717) is 18.5 Å². The number of imidazole rings is 1. The van der Waals surface area contributed by atoms with E-state index in [1.807, 2.05) is 22.0 Å². The monoisotopic (exact) mass is 317 g/mol. The summed E-state index contributed by atoms with van der Waals surface area (Å²) >= 11 is 1.59. The van der Waals surface area contributed by atoms with Crippen LogP contribution in [0.4, 0.5) is 0 Å². The molecule has 7 heteroatoms. The number of carbonyl (C=O) groups is 1. The summed E-state index contributed by atoms with van der Waals surface area (Å²) in [6.07, 6.45) is 5.73. The quantitative estimate of drug-likeness (QED) is 0.928. The smallest absolute Gasteiger partial charge is 0.227 e. The van der Waals surface area contributed by atoms with Crippen LogP contribution < -0.4 is 0 Å². The van der Waals surface area contributed by atoms with Crippen LogP contribution in [0.5, 0.6) is 0 Å². The molecule has 2 atom stereocenters. The first-order valence-corrected chi connectivity index (χ1v) is 8.62. The normalized spacial score (nSPS) is 25.6. The van der Waals surface area contributed by atoms with E-state index in [1.54, 1.807) is 17.5 Å². The highest BCUT2D eigenvalue weighted by atomic mass is 32.1. The Kier molecular flexibility index (Phi) is 3.67. The van der Waals surface area contributed by atoms with Crippen molar-refractivity contribution in [3.8, 4) is 0 Å². The maximum Gasteiger partial charge on any atom is 0.227 e. The molecule has 0 saturated carbocycles. The minimum absolute atomic E-state index is 0.118. The summed E-state index contributed by atoms with van der Waals surface area (Å²) in [5.41, 5.74) is 2.84. The number of nitrogens with one attached hydrogen (secondary N) is 1. The van der Waals surface area contributed by atoms with Gasteiger partial charge in [-0.1, -0.05) is 0 Å². The van der Waals surface area contributed by atoms with Crippen molar-refractivity contribution in [1.82, 2.24) is 24.8 Å². The maximum atomic E-state index is 12.7. The van der Waals surface area contributed by atoms with Crippen molar-refractivity contribution in [2.45, 2.75) is 32.0 Å². The van der Waals surface area contributed by atoms with Crippen LogP contribution in [-0.4, -0.2) is 49.8 Å². The van der Waals surface area contributed by atoms with E-state index in [4.69, 9.17) is 0 Å². The van der Waals surface area contributed by atoms with Crippen LogP contribution >= 0.6 is 11.3 Å². The van der Waals surface area contributed by atoms with E-state index in [9.17, 15) is 4.79 Å². The lowest BCUT2D eigenvalue weighted by atomic mass is 9.94. The molecule has 0 unspecified atom stereocenters. The molecule has 0 aliphatic carbocycles. The fourth-order valence-corrected chi connectivity index (χ4v) is 4.10. The first kappa shape index (κ1) is 13.9. The zero-order valence-corrected chi connectivity index (χ0v) is 13.1. The minimum atomic E-state index is 0.118. The molecule has 2 bridgehead atoms. The second-order valence-corrected chi connectivity index (χ2v) is 6.82. The molecule has 0 spiro atoms. The summed E-state index contributed by atoms with van der Waals surface area (Å²) in [7, 11) is 0. The Morgan fingerprint density at radius 2 is 2.23 bits per heavy atom. The summed E-state index contributed by atoms with van der Waals surface area (Å²) in [5.74, 6) is 1.39. The second-order valence-electron chi connectivity index (χ2n) is 6.10.